The summed E-state index contributed by atoms with van der Waals surface area (Å²) in [6, 6.07) is 5.26. The molecular formula is C16H18N4O5S. The molecule has 0 aliphatic carbocycles. The van der Waals surface area contributed by atoms with Gasteiger partial charge in [0.2, 0.25) is 0 Å². The summed E-state index contributed by atoms with van der Waals surface area (Å²) < 4.78 is 5.29. The van der Waals surface area contributed by atoms with Crippen molar-refractivity contribution in [2.24, 2.45) is 11.1 Å². The normalized spacial score (nSPS) is 12.3. The summed E-state index contributed by atoms with van der Waals surface area (Å²) >= 11 is 0.722. The van der Waals surface area contributed by atoms with Crippen molar-refractivity contribution in [3.8, 4) is 5.75 Å². The third kappa shape index (κ3) is 4.61. The molecule has 0 fully saturated rings. The maximum Gasteiger partial charge on any atom is 0.345 e. The number of benzene rings is 1. The van der Waals surface area contributed by atoms with Gasteiger partial charge in [0.25, 0.3) is 5.91 Å². The second kappa shape index (κ2) is 7.58. The molecule has 3 N–H and O–H groups in total. The van der Waals surface area contributed by atoms with E-state index < -0.39 is 28.3 Å². The Labute approximate surface area is 153 Å². The number of amides is 1. The average molecular weight is 378 g/mol. The van der Waals surface area contributed by atoms with Crippen LogP contribution in [0.4, 0.5) is 10.1 Å². The first-order chi connectivity index (χ1) is 12.1. The molecule has 138 valence electrons. The first-order valence-corrected chi connectivity index (χ1v) is 8.39. The molecule has 1 aromatic carbocycles. The Hall–Kier alpha value is -2.85. The van der Waals surface area contributed by atoms with Crippen molar-refractivity contribution in [3.05, 3.63) is 46.1 Å². The first kappa shape index (κ1) is 19.5. The van der Waals surface area contributed by atoms with Gasteiger partial charge >= 0.3 is 11.0 Å². The summed E-state index contributed by atoms with van der Waals surface area (Å²) in [6.07, 6.45) is 1.05. The van der Waals surface area contributed by atoms with Crippen molar-refractivity contribution in [2.75, 3.05) is 5.32 Å². The minimum absolute atomic E-state index is 0.0424. The van der Waals surface area contributed by atoms with E-state index in [0.29, 0.717) is 0 Å². The number of carbonyl (C=O) groups excluding carboxylic acids is 2. The van der Waals surface area contributed by atoms with Crippen LogP contribution in [0.25, 0.3) is 0 Å². The number of nitrogens with two attached hydrogens (primary N) is 1. The van der Waals surface area contributed by atoms with Crippen LogP contribution in [0, 0.1) is 15.5 Å². The number of hydrogen-bond acceptors (Lipinski definition) is 8. The van der Waals surface area contributed by atoms with Crippen LogP contribution in [0.2, 0.25) is 0 Å². The lowest BCUT2D eigenvalue weighted by atomic mass is 9.87. The summed E-state index contributed by atoms with van der Waals surface area (Å²) in [7, 11) is 0. The molecule has 26 heavy (non-hydrogen) atoms. The van der Waals surface area contributed by atoms with E-state index in [2.05, 4.69) is 10.3 Å². The fourth-order valence-electron chi connectivity index (χ4n) is 1.84. The van der Waals surface area contributed by atoms with E-state index in [0.717, 1.165) is 17.5 Å². The summed E-state index contributed by atoms with van der Waals surface area (Å²) in [5, 5.41) is 13.0. The number of carbonyl (C=O) groups is 2. The van der Waals surface area contributed by atoms with Crippen LogP contribution in [0.5, 0.6) is 5.75 Å². The largest absolute Gasteiger partial charge is 0.425 e. The molecule has 1 amide bonds. The molecule has 2 rings (SSSR count). The molecule has 1 unspecified atom stereocenters. The second-order valence-corrected chi connectivity index (χ2v) is 7.48. The van der Waals surface area contributed by atoms with E-state index in [-0.39, 0.29) is 21.4 Å². The van der Waals surface area contributed by atoms with Crippen molar-refractivity contribution in [3.63, 3.8) is 0 Å². The lowest BCUT2D eigenvalue weighted by Gasteiger charge is -2.25. The van der Waals surface area contributed by atoms with Gasteiger partial charge in [-0.2, -0.15) is 0 Å². The number of rotatable bonds is 5. The number of nitro groups is 1. The number of aromatic nitrogens is 1. The van der Waals surface area contributed by atoms with Crippen molar-refractivity contribution < 1.29 is 19.2 Å². The maximum atomic E-state index is 12.4. The number of nitrogens with one attached hydrogen (secondary N) is 1. The number of anilines is 1. The van der Waals surface area contributed by atoms with Crippen LogP contribution in [0.1, 0.15) is 31.1 Å². The highest BCUT2D eigenvalue weighted by atomic mass is 32.1. The molecule has 0 aliphatic heterocycles. The van der Waals surface area contributed by atoms with Gasteiger partial charge in [-0.05, 0) is 28.9 Å². The van der Waals surface area contributed by atoms with Crippen LogP contribution < -0.4 is 15.8 Å². The van der Waals surface area contributed by atoms with Crippen molar-refractivity contribution in [2.45, 2.75) is 26.8 Å². The average Bonchev–Trinajstić information content (AvgIpc) is 3.02. The first-order valence-electron chi connectivity index (χ1n) is 7.57. The highest BCUT2D eigenvalue weighted by Crippen LogP contribution is 2.27. The minimum atomic E-state index is -0.875. The topological polar surface area (TPSA) is 137 Å². The monoisotopic (exact) mass is 378 g/mol. The van der Waals surface area contributed by atoms with Gasteiger partial charge in [0.05, 0.1) is 10.5 Å². The zero-order valence-corrected chi connectivity index (χ0v) is 15.2. The Morgan fingerprint density at radius 2 is 2.00 bits per heavy atom. The molecule has 0 spiro atoms. The molecule has 0 radical (unpaired) electrons. The van der Waals surface area contributed by atoms with Gasteiger partial charge in [0.1, 0.15) is 18.0 Å². The van der Waals surface area contributed by atoms with Crippen LogP contribution in [-0.4, -0.2) is 27.8 Å². The number of para-hydroxylation sites is 1. The Morgan fingerprint density at radius 3 is 2.58 bits per heavy atom. The van der Waals surface area contributed by atoms with Gasteiger partial charge in [0, 0.05) is 0 Å². The predicted molar refractivity (Wildman–Crippen MR) is 96.2 cm³/mol. The Kier molecular flexibility index (Phi) is 5.68. The van der Waals surface area contributed by atoms with Crippen LogP contribution in [-0.2, 0) is 4.79 Å². The Balaban J connectivity index is 2.18. The number of nitrogens with zero attached hydrogens (tertiary/aromatic N) is 2. The predicted octanol–water partition coefficient (Wildman–Crippen LogP) is 2.58. The van der Waals surface area contributed by atoms with Gasteiger partial charge in [-0.3, -0.25) is 20.2 Å². The molecule has 1 heterocycles. The van der Waals surface area contributed by atoms with E-state index in [4.69, 9.17) is 10.5 Å². The molecule has 0 aliphatic rings. The SMILES string of the molecule is CC(C)(C)C(N)C(=O)Oc1ccccc1C(=O)Nc1ncc([N+](=O)[O-])s1. The van der Waals surface area contributed by atoms with Crippen LogP contribution in [0.3, 0.4) is 0 Å². The molecule has 9 nitrogen and oxygen atoms in total. The summed E-state index contributed by atoms with van der Waals surface area (Å²) in [4.78, 5) is 38.5. The molecule has 0 bridgehead atoms. The quantitative estimate of drug-likeness (QED) is 0.353. The minimum Gasteiger partial charge on any atom is -0.425 e. The molecular weight excluding hydrogens is 360 g/mol. The molecule has 0 saturated heterocycles. The lowest BCUT2D eigenvalue weighted by molar-refractivity contribution is -0.380. The molecule has 1 aromatic heterocycles. The zero-order chi connectivity index (χ0) is 19.5. The van der Waals surface area contributed by atoms with Crippen molar-refractivity contribution in [1.29, 1.82) is 0 Å². The summed E-state index contributed by atoms with van der Waals surface area (Å²) in [5.74, 6) is -1.23. The number of hydrogen-bond donors (Lipinski definition) is 2. The van der Waals surface area contributed by atoms with E-state index >= 15 is 0 Å². The van der Waals surface area contributed by atoms with Crippen LogP contribution in [0.15, 0.2) is 30.5 Å². The van der Waals surface area contributed by atoms with Gasteiger partial charge in [-0.1, -0.05) is 32.9 Å². The highest BCUT2D eigenvalue weighted by Gasteiger charge is 2.30. The van der Waals surface area contributed by atoms with Gasteiger partial charge < -0.3 is 10.5 Å². The smallest absolute Gasteiger partial charge is 0.345 e. The number of ether oxygens (including phenoxy) is 1. The molecule has 0 saturated carbocycles. The van der Waals surface area contributed by atoms with Gasteiger partial charge in [-0.25, -0.2) is 9.78 Å². The molecule has 1 atom stereocenters. The van der Waals surface area contributed by atoms with E-state index in [1.54, 1.807) is 32.9 Å². The zero-order valence-electron chi connectivity index (χ0n) is 14.4. The lowest BCUT2D eigenvalue weighted by Crippen LogP contribution is -2.44. The molecule has 2 aromatic rings. The molecule has 10 heteroatoms. The fraction of sp³-hybridized carbons (Fsp3) is 0.312. The third-order valence-electron chi connectivity index (χ3n) is 3.42. The van der Waals surface area contributed by atoms with E-state index in [1.807, 2.05) is 0 Å². The van der Waals surface area contributed by atoms with E-state index in [1.165, 1.54) is 12.1 Å². The third-order valence-corrected chi connectivity index (χ3v) is 4.29. The van der Waals surface area contributed by atoms with Crippen molar-refractivity contribution >= 4 is 33.3 Å². The van der Waals surface area contributed by atoms with E-state index in [9.17, 15) is 19.7 Å². The fourth-order valence-corrected chi connectivity index (χ4v) is 2.47. The van der Waals surface area contributed by atoms with Crippen molar-refractivity contribution in [1.82, 2.24) is 4.98 Å². The standard InChI is InChI=1S/C16H18N4O5S/c1-16(2,3)12(17)14(22)25-10-7-5-4-6-9(10)13(21)19-15-18-8-11(26-15)20(23)24/h4-8,12H,17H2,1-3H3,(H,18,19,21). The second-order valence-electron chi connectivity index (χ2n) is 6.48. The summed E-state index contributed by atoms with van der Waals surface area (Å²) in [5.41, 5.74) is 5.45. The maximum absolute atomic E-state index is 12.4. The van der Waals surface area contributed by atoms with Gasteiger partial charge in [0.15, 0.2) is 5.13 Å². The summed E-state index contributed by atoms with van der Waals surface area (Å²) in [6.45, 7) is 5.40. The van der Waals surface area contributed by atoms with Crippen LogP contribution >= 0.6 is 11.3 Å². The number of thiazole rings is 1. The Bertz CT molecular complexity index is 843. The van der Waals surface area contributed by atoms with Gasteiger partial charge in [-0.15, -0.1) is 0 Å². The highest BCUT2D eigenvalue weighted by molar-refractivity contribution is 7.18. The number of esters is 1. The Morgan fingerprint density at radius 1 is 1.35 bits per heavy atom.